The number of carboxylic acids is 1. The second kappa shape index (κ2) is 25.0. The summed E-state index contributed by atoms with van der Waals surface area (Å²) in [5.74, 6) is -0.585. The maximum Gasteiger partial charge on any atom is 0.411 e. The number of rotatable bonds is 23. The van der Waals surface area contributed by atoms with E-state index in [0.717, 1.165) is 69.6 Å². The molecule has 0 unspecified atom stereocenters. The number of unbranched alkanes of at least 4 members (excludes halogenated alkanes) is 2. The summed E-state index contributed by atoms with van der Waals surface area (Å²) in [5, 5.41) is 21.0. The van der Waals surface area contributed by atoms with Crippen LogP contribution in [0.2, 0.25) is 0 Å². The van der Waals surface area contributed by atoms with E-state index in [2.05, 4.69) is 73.0 Å². The minimum absolute atomic E-state index is 0.0473. The first-order valence-corrected chi connectivity index (χ1v) is 16.3. The highest BCUT2D eigenvalue weighted by atomic mass is 32.2. The Labute approximate surface area is 261 Å². The Bertz CT molecular complexity index is 1110. The van der Waals surface area contributed by atoms with Gasteiger partial charge in [0.15, 0.2) is 0 Å². The lowest BCUT2D eigenvalue weighted by Gasteiger charge is -2.13. The number of allylic oxidation sites excluding steroid dienone is 10. The highest BCUT2D eigenvalue weighted by Crippen LogP contribution is 2.22. The fourth-order valence-electron chi connectivity index (χ4n) is 3.91. The number of carbonyl (C=O) groups is 3. The zero-order valence-corrected chi connectivity index (χ0v) is 26.5. The number of carbonyl (C=O) groups excluding carboxylic acids is 2. The lowest BCUT2D eigenvalue weighted by Crippen LogP contribution is -2.19. The number of amides is 1. The topological polar surface area (TPSA) is 113 Å². The molecule has 0 aliphatic heterocycles. The van der Waals surface area contributed by atoms with Gasteiger partial charge in [-0.05, 0) is 88.2 Å². The van der Waals surface area contributed by atoms with Crippen LogP contribution in [-0.4, -0.2) is 45.7 Å². The standard InChI is InChI=1S/C35H49NO6S/c1-3-5-6-7-8-9-10-11-12-13-14-15-16-17-18-19-20-21-27-43-33(4-2)32(38)23-22-26-42-35(41)36-29-24-25-31(37)30(28-29)34(39)40/h5-6,8-9,11-12,14-15,17-18,24-25,28,33,37H,3-4,7,10,13,16,19-23,26-27H2,1-2H3,(H,36,41)(H,39,40)/b6-5-,9-8-,12-11-,15-14-,18-17-/t33-/m1/s1. The molecule has 0 bridgehead atoms. The molecule has 236 valence electrons. The summed E-state index contributed by atoms with van der Waals surface area (Å²) in [6, 6.07) is 3.71. The van der Waals surface area contributed by atoms with Crippen LogP contribution in [-0.2, 0) is 9.53 Å². The Morgan fingerprint density at radius 3 is 2.05 bits per heavy atom. The van der Waals surface area contributed by atoms with Gasteiger partial charge in [0.1, 0.15) is 17.1 Å². The van der Waals surface area contributed by atoms with Crippen molar-refractivity contribution in [2.24, 2.45) is 0 Å². The fraction of sp³-hybridized carbons (Fsp3) is 0.457. The minimum Gasteiger partial charge on any atom is -0.507 e. The number of hydrogen-bond donors (Lipinski definition) is 3. The average Bonchev–Trinajstić information content (AvgIpc) is 2.99. The van der Waals surface area contributed by atoms with Gasteiger partial charge in [0.25, 0.3) is 0 Å². The predicted molar refractivity (Wildman–Crippen MR) is 179 cm³/mol. The molecule has 0 fully saturated rings. The largest absolute Gasteiger partial charge is 0.507 e. The Kier molecular flexibility index (Phi) is 21.8. The minimum atomic E-state index is -1.30. The first-order valence-electron chi connectivity index (χ1n) is 15.3. The number of ether oxygens (including phenoxy) is 1. The summed E-state index contributed by atoms with van der Waals surface area (Å²) in [5.41, 5.74) is -0.124. The van der Waals surface area contributed by atoms with E-state index >= 15 is 0 Å². The number of ketones is 1. The first-order chi connectivity index (χ1) is 20.9. The van der Waals surface area contributed by atoms with E-state index in [1.807, 2.05) is 6.92 Å². The third-order valence-electron chi connectivity index (χ3n) is 6.25. The number of hydrogen-bond acceptors (Lipinski definition) is 6. The molecule has 0 aliphatic carbocycles. The maximum absolute atomic E-state index is 12.6. The van der Waals surface area contributed by atoms with Crippen molar-refractivity contribution in [3.05, 3.63) is 84.5 Å². The van der Waals surface area contributed by atoms with Crippen molar-refractivity contribution in [1.82, 2.24) is 0 Å². The van der Waals surface area contributed by atoms with Crippen molar-refractivity contribution in [2.75, 3.05) is 17.7 Å². The van der Waals surface area contributed by atoms with E-state index in [4.69, 9.17) is 9.84 Å². The summed E-state index contributed by atoms with van der Waals surface area (Å²) in [7, 11) is 0. The lowest BCUT2D eigenvalue weighted by molar-refractivity contribution is -0.118. The molecule has 43 heavy (non-hydrogen) atoms. The van der Waals surface area contributed by atoms with Gasteiger partial charge in [-0.15, -0.1) is 0 Å². The van der Waals surface area contributed by atoms with Crippen molar-refractivity contribution in [3.63, 3.8) is 0 Å². The van der Waals surface area contributed by atoms with Crippen LogP contribution in [0.4, 0.5) is 10.5 Å². The SMILES string of the molecule is CC/C=C\C/C=C\C/C=C\C/C=C\C/C=C\CCCCS[C@H](CC)C(=O)CCCOC(=O)Nc1ccc(O)c(C(=O)O)c1. The number of thioether (sulfide) groups is 1. The van der Waals surface area contributed by atoms with Gasteiger partial charge in [0.2, 0.25) is 0 Å². The lowest BCUT2D eigenvalue weighted by atomic mass is 10.1. The second-order valence-corrected chi connectivity index (χ2v) is 11.2. The molecule has 0 saturated carbocycles. The van der Waals surface area contributed by atoms with Crippen molar-refractivity contribution in [3.8, 4) is 5.75 Å². The molecule has 1 aromatic carbocycles. The van der Waals surface area contributed by atoms with E-state index in [1.165, 1.54) is 12.1 Å². The molecule has 1 aromatic rings. The molecule has 0 radical (unpaired) electrons. The molecule has 1 amide bonds. The molecule has 3 N–H and O–H groups in total. The zero-order valence-electron chi connectivity index (χ0n) is 25.7. The van der Waals surface area contributed by atoms with E-state index in [0.29, 0.717) is 12.8 Å². The van der Waals surface area contributed by atoms with Crippen molar-refractivity contribution < 1.29 is 29.3 Å². The highest BCUT2D eigenvalue weighted by molar-refractivity contribution is 8.00. The van der Waals surface area contributed by atoms with E-state index in [1.54, 1.807) is 11.8 Å². The molecule has 1 rings (SSSR count). The molecule has 0 aromatic heterocycles. The first kappa shape index (κ1) is 37.5. The summed E-state index contributed by atoms with van der Waals surface area (Å²) in [6.45, 7) is 4.24. The van der Waals surface area contributed by atoms with Crippen LogP contribution in [0.5, 0.6) is 5.75 Å². The highest BCUT2D eigenvalue weighted by Gasteiger charge is 2.17. The smallest absolute Gasteiger partial charge is 0.411 e. The summed E-state index contributed by atoms with van der Waals surface area (Å²) in [4.78, 5) is 35.6. The van der Waals surface area contributed by atoms with Crippen LogP contribution in [0.15, 0.2) is 79.0 Å². The van der Waals surface area contributed by atoms with E-state index < -0.39 is 17.8 Å². The molecular formula is C35H49NO6S. The van der Waals surface area contributed by atoms with Gasteiger partial charge in [0, 0.05) is 12.1 Å². The molecule has 0 aliphatic rings. The molecule has 8 heteroatoms. The van der Waals surface area contributed by atoms with Gasteiger partial charge in [-0.25, -0.2) is 9.59 Å². The van der Waals surface area contributed by atoms with Crippen molar-refractivity contribution >= 4 is 35.3 Å². The number of benzene rings is 1. The second-order valence-electron chi connectivity index (χ2n) is 9.84. The Balaban J connectivity index is 2.10. The van der Waals surface area contributed by atoms with Gasteiger partial charge < -0.3 is 14.9 Å². The van der Waals surface area contributed by atoms with Crippen LogP contribution < -0.4 is 5.32 Å². The summed E-state index contributed by atoms with van der Waals surface area (Å²) < 4.78 is 5.11. The van der Waals surface area contributed by atoms with Gasteiger partial charge in [-0.3, -0.25) is 10.1 Å². The van der Waals surface area contributed by atoms with Gasteiger partial charge in [-0.1, -0.05) is 74.6 Å². The van der Waals surface area contributed by atoms with E-state index in [9.17, 15) is 19.5 Å². The fourth-order valence-corrected chi connectivity index (χ4v) is 5.10. The Hall–Kier alpha value is -3.52. The molecule has 0 spiro atoms. The Morgan fingerprint density at radius 2 is 1.47 bits per heavy atom. The predicted octanol–water partition coefficient (Wildman–Crippen LogP) is 9.42. The quantitative estimate of drug-likeness (QED) is 0.0642. The van der Waals surface area contributed by atoms with Crippen LogP contribution in [0, 0.1) is 0 Å². The van der Waals surface area contributed by atoms with Gasteiger partial charge >= 0.3 is 12.1 Å². The molecule has 0 saturated heterocycles. The number of anilines is 1. The molecular weight excluding hydrogens is 562 g/mol. The molecule has 0 heterocycles. The monoisotopic (exact) mass is 611 g/mol. The van der Waals surface area contributed by atoms with Gasteiger partial charge in [-0.2, -0.15) is 11.8 Å². The van der Waals surface area contributed by atoms with Gasteiger partial charge in [0.05, 0.1) is 11.9 Å². The average molecular weight is 612 g/mol. The van der Waals surface area contributed by atoms with Crippen molar-refractivity contribution in [2.45, 2.75) is 89.7 Å². The number of aromatic hydroxyl groups is 1. The van der Waals surface area contributed by atoms with Crippen LogP contribution >= 0.6 is 11.8 Å². The summed E-state index contributed by atoms with van der Waals surface area (Å²) in [6.07, 6.45) is 31.0. The summed E-state index contributed by atoms with van der Waals surface area (Å²) >= 11 is 1.70. The van der Waals surface area contributed by atoms with Crippen LogP contribution in [0.3, 0.4) is 0 Å². The van der Waals surface area contributed by atoms with Crippen LogP contribution in [0.25, 0.3) is 0 Å². The third-order valence-corrected chi connectivity index (χ3v) is 7.77. The number of nitrogens with one attached hydrogen (secondary N) is 1. The number of carboxylic acid groups (broad SMARTS) is 1. The van der Waals surface area contributed by atoms with Crippen molar-refractivity contribution in [1.29, 1.82) is 0 Å². The van der Waals surface area contributed by atoms with Crippen LogP contribution in [0.1, 0.15) is 94.8 Å². The molecule has 1 atom stereocenters. The maximum atomic E-state index is 12.6. The molecule has 7 nitrogen and oxygen atoms in total. The van der Waals surface area contributed by atoms with E-state index in [-0.39, 0.29) is 28.9 Å². The number of phenols is 1. The zero-order chi connectivity index (χ0) is 31.5. The number of Topliss-reactive ketones (excluding diaryl/α,β-unsaturated/α-hetero) is 1. The number of aromatic carboxylic acids is 1. The third kappa shape index (κ3) is 19.3. The Morgan fingerprint density at radius 1 is 0.860 bits per heavy atom. The normalized spacial score (nSPS) is 12.7.